The van der Waals surface area contributed by atoms with Crippen molar-refractivity contribution >= 4 is 17.4 Å². The lowest BCUT2D eigenvalue weighted by Gasteiger charge is -2.14. The summed E-state index contributed by atoms with van der Waals surface area (Å²) in [4.78, 5) is 8.02. The molecule has 0 bridgehead atoms. The maximum absolute atomic E-state index is 9.54. The van der Waals surface area contributed by atoms with E-state index < -0.39 is 6.10 Å². The second-order valence-electron chi connectivity index (χ2n) is 3.05. The Morgan fingerprint density at radius 2 is 2.14 bits per heavy atom. The van der Waals surface area contributed by atoms with Gasteiger partial charge in [-0.15, -0.1) is 0 Å². The zero-order valence-corrected chi connectivity index (χ0v) is 9.26. The van der Waals surface area contributed by atoms with Crippen LogP contribution in [0.5, 0.6) is 0 Å². The van der Waals surface area contributed by atoms with Crippen LogP contribution in [-0.2, 0) is 0 Å². The lowest BCUT2D eigenvalue weighted by Crippen LogP contribution is -2.09. The Balaban J connectivity index is 3.21. The van der Waals surface area contributed by atoms with Crippen LogP contribution in [0, 0.1) is 6.92 Å². The SMILES string of the molecule is CCNc1nc(Cl)nc(C)c1C(C)O. The van der Waals surface area contributed by atoms with Gasteiger partial charge in [0.2, 0.25) is 5.28 Å². The fourth-order valence-corrected chi connectivity index (χ4v) is 1.56. The monoisotopic (exact) mass is 215 g/mol. The lowest BCUT2D eigenvalue weighted by molar-refractivity contribution is 0.198. The van der Waals surface area contributed by atoms with E-state index in [0.29, 0.717) is 17.1 Å². The van der Waals surface area contributed by atoms with E-state index in [9.17, 15) is 5.11 Å². The lowest BCUT2D eigenvalue weighted by atomic mass is 10.1. The average molecular weight is 216 g/mol. The van der Waals surface area contributed by atoms with Crippen LogP contribution in [0.1, 0.15) is 31.2 Å². The highest BCUT2D eigenvalue weighted by molar-refractivity contribution is 6.28. The minimum Gasteiger partial charge on any atom is -0.388 e. The van der Waals surface area contributed by atoms with Crippen LogP contribution in [0.25, 0.3) is 0 Å². The Hall–Kier alpha value is -0.870. The van der Waals surface area contributed by atoms with Crippen molar-refractivity contribution in [2.75, 3.05) is 11.9 Å². The molecule has 0 radical (unpaired) electrons. The van der Waals surface area contributed by atoms with Gasteiger partial charge in [0.05, 0.1) is 11.8 Å². The highest BCUT2D eigenvalue weighted by Gasteiger charge is 2.14. The van der Waals surface area contributed by atoms with Crippen molar-refractivity contribution in [1.82, 2.24) is 9.97 Å². The van der Waals surface area contributed by atoms with Gasteiger partial charge in [-0.2, -0.15) is 0 Å². The molecule has 4 nitrogen and oxygen atoms in total. The van der Waals surface area contributed by atoms with Crippen LogP contribution in [-0.4, -0.2) is 21.6 Å². The normalized spacial score (nSPS) is 12.6. The largest absolute Gasteiger partial charge is 0.388 e. The predicted molar refractivity (Wildman–Crippen MR) is 56.6 cm³/mol. The number of aryl methyl sites for hydroxylation is 1. The van der Waals surface area contributed by atoms with Crippen LogP contribution in [0.2, 0.25) is 5.28 Å². The van der Waals surface area contributed by atoms with Crippen molar-refractivity contribution in [3.63, 3.8) is 0 Å². The number of halogens is 1. The molecule has 1 heterocycles. The Bertz CT molecular complexity index is 328. The molecule has 2 N–H and O–H groups in total. The molecule has 0 fully saturated rings. The molecule has 0 saturated heterocycles. The number of rotatable bonds is 3. The molecule has 0 aliphatic rings. The van der Waals surface area contributed by atoms with E-state index in [1.54, 1.807) is 13.8 Å². The molecule has 1 aromatic heterocycles. The van der Waals surface area contributed by atoms with Crippen molar-refractivity contribution in [2.45, 2.75) is 26.9 Å². The topological polar surface area (TPSA) is 58.0 Å². The Morgan fingerprint density at radius 3 is 2.64 bits per heavy atom. The van der Waals surface area contributed by atoms with Crippen molar-refractivity contribution < 1.29 is 5.11 Å². The molecule has 0 saturated carbocycles. The maximum Gasteiger partial charge on any atom is 0.224 e. The van der Waals surface area contributed by atoms with Gasteiger partial charge in [-0.3, -0.25) is 0 Å². The van der Waals surface area contributed by atoms with Crippen molar-refractivity contribution in [1.29, 1.82) is 0 Å². The molecule has 0 aromatic carbocycles. The van der Waals surface area contributed by atoms with E-state index in [4.69, 9.17) is 11.6 Å². The number of nitrogens with zero attached hydrogens (tertiary/aromatic N) is 2. The molecule has 0 aliphatic carbocycles. The van der Waals surface area contributed by atoms with E-state index in [0.717, 1.165) is 6.54 Å². The first-order valence-corrected chi connectivity index (χ1v) is 4.90. The smallest absolute Gasteiger partial charge is 0.224 e. The third kappa shape index (κ3) is 2.33. The van der Waals surface area contributed by atoms with E-state index in [1.807, 2.05) is 6.92 Å². The second kappa shape index (κ2) is 4.57. The first-order valence-electron chi connectivity index (χ1n) is 4.52. The summed E-state index contributed by atoms with van der Waals surface area (Å²) >= 11 is 5.72. The number of hydrogen-bond donors (Lipinski definition) is 2. The van der Waals surface area contributed by atoms with Crippen LogP contribution >= 0.6 is 11.6 Å². The molecule has 1 rings (SSSR count). The summed E-state index contributed by atoms with van der Waals surface area (Å²) < 4.78 is 0. The van der Waals surface area contributed by atoms with Gasteiger partial charge in [-0.1, -0.05) is 0 Å². The molecular weight excluding hydrogens is 202 g/mol. The van der Waals surface area contributed by atoms with Gasteiger partial charge in [0.1, 0.15) is 5.82 Å². The van der Waals surface area contributed by atoms with Crippen LogP contribution < -0.4 is 5.32 Å². The number of aliphatic hydroxyl groups excluding tert-OH is 1. The van der Waals surface area contributed by atoms with Crippen LogP contribution in [0.4, 0.5) is 5.82 Å². The standard InChI is InChI=1S/C9H14ClN3O/c1-4-11-8-7(6(3)14)5(2)12-9(10)13-8/h6,14H,4H2,1-3H3,(H,11,12,13). The quantitative estimate of drug-likeness (QED) is 0.757. The first kappa shape index (κ1) is 11.2. The van der Waals surface area contributed by atoms with E-state index in [1.165, 1.54) is 0 Å². The fourth-order valence-electron chi connectivity index (χ4n) is 1.35. The molecule has 1 aromatic rings. The third-order valence-electron chi connectivity index (χ3n) is 1.87. The first-order chi connectivity index (χ1) is 6.56. The Kier molecular flexibility index (Phi) is 3.66. The fraction of sp³-hybridized carbons (Fsp3) is 0.556. The Labute approximate surface area is 88.3 Å². The molecular formula is C9H14ClN3O. The van der Waals surface area contributed by atoms with Gasteiger partial charge < -0.3 is 10.4 Å². The summed E-state index contributed by atoms with van der Waals surface area (Å²) in [5.74, 6) is 0.611. The minimum atomic E-state index is -0.596. The summed E-state index contributed by atoms with van der Waals surface area (Å²) in [5.41, 5.74) is 1.41. The van der Waals surface area contributed by atoms with E-state index >= 15 is 0 Å². The number of aromatic nitrogens is 2. The molecule has 1 atom stereocenters. The predicted octanol–water partition coefficient (Wildman–Crippen LogP) is 1.92. The van der Waals surface area contributed by atoms with Crippen LogP contribution in [0.15, 0.2) is 0 Å². The summed E-state index contributed by atoms with van der Waals surface area (Å²) in [5, 5.41) is 12.8. The Morgan fingerprint density at radius 1 is 1.50 bits per heavy atom. The molecule has 78 valence electrons. The summed E-state index contributed by atoms with van der Waals surface area (Å²) in [6, 6.07) is 0. The minimum absolute atomic E-state index is 0.197. The van der Waals surface area contributed by atoms with E-state index in [-0.39, 0.29) is 5.28 Å². The highest BCUT2D eigenvalue weighted by atomic mass is 35.5. The van der Waals surface area contributed by atoms with Gasteiger partial charge in [0.15, 0.2) is 0 Å². The van der Waals surface area contributed by atoms with Gasteiger partial charge >= 0.3 is 0 Å². The zero-order chi connectivity index (χ0) is 10.7. The molecule has 0 spiro atoms. The van der Waals surface area contributed by atoms with Gasteiger partial charge in [-0.25, -0.2) is 9.97 Å². The summed E-state index contributed by atoms with van der Waals surface area (Å²) in [6.45, 7) is 6.17. The molecule has 14 heavy (non-hydrogen) atoms. The third-order valence-corrected chi connectivity index (χ3v) is 2.04. The summed E-state index contributed by atoms with van der Waals surface area (Å²) in [7, 11) is 0. The van der Waals surface area contributed by atoms with E-state index in [2.05, 4.69) is 15.3 Å². The molecule has 1 unspecified atom stereocenters. The number of anilines is 1. The van der Waals surface area contributed by atoms with Crippen molar-refractivity contribution in [3.8, 4) is 0 Å². The van der Waals surface area contributed by atoms with Crippen molar-refractivity contribution in [3.05, 3.63) is 16.5 Å². The highest BCUT2D eigenvalue weighted by Crippen LogP contribution is 2.24. The van der Waals surface area contributed by atoms with Crippen LogP contribution in [0.3, 0.4) is 0 Å². The molecule has 0 amide bonds. The second-order valence-corrected chi connectivity index (χ2v) is 3.38. The van der Waals surface area contributed by atoms with Gasteiger partial charge in [0, 0.05) is 12.1 Å². The average Bonchev–Trinajstić information content (AvgIpc) is 2.01. The van der Waals surface area contributed by atoms with Gasteiger partial charge in [0.25, 0.3) is 0 Å². The maximum atomic E-state index is 9.54. The number of nitrogens with one attached hydrogen (secondary N) is 1. The van der Waals surface area contributed by atoms with Gasteiger partial charge in [-0.05, 0) is 32.4 Å². The molecule has 5 heteroatoms. The molecule has 0 aliphatic heterocycles. The van der Waals surface area contributed by atoms with Crippen molar-refractivity contribution in [2.24, 2.45) is 0 Å². The summed E-state index contributed by atoms with van der Waals surface area (Å²) in [6.07, 6.45) is -0.596. The number of aliphatic hydroxyl groups is 1. The number of hydrogen-bond acceptors (Lipinski definition) is 4. The zero-order valence-electron chi connectivity index (χ0n) is 8.50.